The lowest BCUT2D eigenvalue weighted by atomic mass is 10.1. The first-order valence-corrected chi connectivity index (χ1v) is 7.19. The summed E-state index contributed by atoms with van der Waals surface area (Å²) in [5.74, 6) is -0.410. The molecule has 1 fully saturated rings. The van der Waals surface area contributed by atoms with Crippen LogP contribution < -0.4 is 14.7 Å². The first-order chi connectivity index (χ1) is 9.74. The zero-order chi connectivity index (χ0) is 14.2. The molecule has 1 heterocycles. The minimum atomic E-state index is -1.19. The van der Waals surface area contributed by atoms with Crippen molar-refractivity contribution in [3.63, 3.8) is 0 Å². The van der Waals surface area contributed by atoms with Crippen LogP contribution in [0.4, 0.5) is 0 Å². The molecule has 2 rings (SSSR count). The largest absolute Gasteiger partial charge is 0.545 e. The third kappa shape index (κ3) is 5.05. The van der Waals surface area contributed by atoms with Gasteiger partial charge in [-0.2, -0.15) is 0 Å². The molecule has 0 spiro atoms. The van der Waals surface area contributed by atoms with Gasteiger partial charge in [0.1, 0.15) is 18.9 Å². The maximum atomic E-state index is 10.4. The van der Waals surface area contributed by atoms with Crippen molar-refractivity contribution in [3.8, 4) is 5.75 Å². The van der Waals surface area contributed by atoms with E-state index in [9.17, 15) is 9.90 Å². The van der Waals surface area contributed by atoms with E-state index in [1.54, 1.807) is 4.90 Å². The molecular formula is C16H21NO3. The van der Waals surface area contributed by atoms with Crippen LogP contribution in [0.15, 0.2) is 30.3 Å². The highest BCUT2D eigenvalue weighted by molar-refractivity contribution is 5.83. The lowest BCUT2D eigenvalue weighted by molar-refractivity contribution is -0.904. The van der Waals surface area contributed by atoms with E-state index in [0.29, 0.717) is 6.61 Å². The molecule has 0 bridgehead atoms. The van der Waals surface area contributed by atoms with E-state index in [0.717, 1.165) is 23.9 Å². The molecule has 1 aromatic rings. The standard InChI is InChI=1S/C16H21NO3/c18-16(19)8-7-14-5-4-6-15(13-14)20-12-11-17-9-2-1-3-10-17/h4-8,13H,1-3,9-12H2,(H,18,19)/b8-7+. The molecule has 20 heavy (non-hydrogen) atoms. The van der Waals surface area contributed by atoms with Gasteiger partial charge in [-0.1, -0.05) is 18.2 Å². The van der Waals surface area contributed by atoms with Crippen molar-refractivity contribution in [2.45, 2.75) is 19.3 Å². The summed E-state index contributed by atoms with van der Waals surface area (Å²) in [6.45, 7) is 4.22. The summed E-state index contributed by atoms with van der Waals surface area (Å²) in [7, 11) is 0. The smallest absolute Gasteiger partial charge is 0.137 e. The van der Waals surface area contributed by atoms with Gasteiger partial charge in [-0.25, -0.2) is 0 Å². The molecule has 1 saturated heterocycles. The molecule has 0 radical (unpaired) electrons. The highest BCUT2D eigenvalue weighted by atomic mass is 16.5. The van der Waals surface area contributed by atoms with Crippen molar-refractivity contribution in [1.29, 1.82) is 0 Å². The number of benzene rings is 1. The topological polar surface area (TPSA) is 53.8 Å². The minimum Gasteiger partial charge on any atom is -0.545 e. The molecule has 1 aliphatic rings. The molecule has 0 atom stereocenters. The maximum absolute atomic E-state index is 10.4. The van der Waals surface area contributed by atoms with E-state index in [2.05, 4.69) is 0 Å². The van der Waals surface area contributed by atoms with Gasteiger partial charge in [0.05, 0.1) is 19.1 Å². The monoisotopic (exact) mass is 275 g/mol. The summed E-state index contributed by atoms with van der Waals surface area (Å²) in [5, 5.41) is 10.4. The molecule has 4 nitrogen and oxygen atoms in total. The predicted octanol–water partition coefficient (Wildman–Crippen LogP) is -0.103. The van der Waals surface area contributed by atoms with E-state index in [4.69, 9.17) is 4.74 Å². The van der Waals surface area contributed by atoms with Gasteiger partial charge in [0.15, 0.2) is 0 Å². The number of carbonyl (C=O) groups excluding carboxylic acids is 1. The van der Waals surface area contributed by atoms with Crippen LogP contribution in [-0.4, -0.2) is 32.2 Å². The third-order valence-electron chi connectivity index (χ3n) is 3.55. The van der Waals surface area contributed by atoms with Gasteiger partial charge >= 0.3 is 0 Å². The number of hydrogen-bond acceptors (Lipinski definition) is 3. The maximum Gasteiger partial charge on any atom is 0.137 e. The van der Waals surface area contributed by atoms with Gasteiger partial charge in [-0.3, -0.25) is 0 Å². The molecular weight excluding hydrogens is 254 g/mol. The molecule has 0 amide bonds. The second-order valence-corrected chi connectivity index (χ2v) is 5.13. The van der Waals surface area contributed by atoms with Gasteiger partial charge in [0, 0.05) is 0 Å². The number of piperidine rings is 1. The lowest BCUT2D eigenvalue weighted by Crippen LogP contribution is -3.13. The summed E-state index contributed by atoms with van der Waals surface area (Å²) in [5.41, 5.74) is 0.803. The number of ether oxygens (including phenoxy) is 1. The van der Waals surface area contributed by atoms with Crippen molar-refractivity contribution < 1.29 is 19.5 Å². The van der Waals surface area contributed by atoms with Crippen molar-refractivity contribution in [1.82, 2.24) is 0 Å². The first kappa shape index (κ1) is 14.6. The second kappa shape index (κ2) is 7.70. The normalized spacial score (nSPS) is 16.4. The molecule has 1 aliphatic heterocycles. The van der Waals surface area contributed by atoms with Crippen molar-refractivity contribution >= 4 is 12.0 Å². The zero-order valence-corrected chi connectivity index (χ0v) is 11.6. The molecule has 0 saturated carbocycles. The summed E-state index contributed by atoms with van der Waals surface area (Å²) in [6.07, 6.45) is 6.53. The van der Waals surface area contributed by atoms with E-state index in [1.165, 1.54) is 38.4 Å². The average molecular weight is 275 g/mol. The Bertz CT molecular complexity index is 465. The number of rotatable bonds is 6. The predicted molar refractivity (Wildman–Crippen MR) is 75.4 cm³/mol. The number of likely N-dealkylation sites (tertiary alicyclic amines) is 1. The summed E-state index contributed by atoms with van der Waals surface area (Å²) >= 11 is 0. The van der Waals surface area contributed by atoms with E-state index in [1.807, 2.05) is 24.3 Å². The fourth-order valence-electron chi connectivity index (χ4n) is 2.49. The molecule has 0 aromatic heterocycles. The van der Waals surface area contributed by atoms with Crippen LogP contribution >= 0.6 is 0 Å². The Morgan fingerprint density at radius 3 is 2.85 bits per heavy atom. The molecule has 4 heteroatoms. The number of carbonyl (C=O) groups is 1. The van der Waals surface area contributed by atoms with Gasteiger partial charge in [0.25, 0.3) is 0 Å². The Morgan fingerprint density at radius 2 is 2.10 bits per heavy atom. The average Bonchev–Trinajstić information content (AvgIpc) is 2.47. The minimum absolute atomic E-state index is 0.697. The van der Waals surface area contributed by atoms with Crippen molar-refractivity contribution in [2.24, 2.45) is 0 Å². The third-order valence-corrected chi connectivity index (χ3v) is 3.55. The fraction of sp³-hybridized carbons (Fsp3) is 0.438. The van der Waals surface area contributed by atoms with E-state index < -0.39 is 5.97 Å². The number of aliphatic carboxylic acids is 1. The van der Waals surface area contributed by atoms with Crippen LogP contribution in [0.3, 0.4) is 0 Å². The Morgan fingerprint density at radius 1 is 1.30 bits per heavy atom. The van der Waals surface area contributed by atoms with Crippen LogP contribution in [0.5, 0.6) is 5.75 Å². The van der Waals surface area contributed by atoms with Crippen LogP contribution in [-0.2, 0) is 4.79 Å². The molecule has 1 aromatic carbocycles. The van der Waals surface area contributed by atoms with E-state index >= 15 is 0 Å². The lowest BCUT2D eigenvalue weighted by Gasteiger charge is -2.23. The van der Waals surface area contributed by atoms with Crippen molar-refractivity contribution in [2.75, 3.05) is 26.2 Å². The summed E-state index contributed by atoms with van der Waals surface area (Å²) in [6, 6.07) is 7.42. The molecule has 108 valence electrons. The quantitative estimate of drug-likeness (QED) is 0.738. The van der Waals surface area contributed by atoms with Crippen molar-refractivity contribution in [3.05, 3.63) is 35.9 Å². The van der Waals surface area contributed by atoms with Crippen LogP contribution in [0.25, 0.3) is 6.08 Å². The zero-order valence-electron chi connectivity index (χ0n) is 11.6. The SMILES string of the molecule is O=C([O-])/C=C/c1cccc(OCC[NH+]2CCCCC2)c1. The first-order valence-electron chi connectivity index (χ1n) is 7.19. The Kier molecular flexibility index (Phi) is 5.62. The number of hydrogen-bond donors (Lipinski definition) is 1. The highest BCUT2D eigenvalue weighted by Crippen LogP contribution is 2.14. The Hall–Kier alpha value is -1.81. The molecule has 0 unspecified atom stereocenters. The molecule has 0 aliphatic carbocycles. The second-order valence-electron chi connectivity index (χ2n) is 5.13. The van der Waals surface area contributed by atoms with Crippen LogP contribution in [0.2, 0.25) is 0 Å². The summed E-state index contributed by atoms with van der Waals surface area (Å²) in [4.78, 5) is 12.0. The fourth-order valence-corrected chi connectivity index (χ4v) is 2.49. The number of carboxylic acid groups (broad SMARTS) is 1. The Labute approximate surface area is 119 Å². The Balaban J connectivity index is 1.80. The summed E-state index contributed by atoms with van der Waals surface area (Å²) < 4.78 is 5.74. The van der Waals surface area contributed by atoms with Gasteiger partial charge < -0.3 is 19.5 Å². The van der Waals surface area contributed by atoms with E-state index in [-0.39, 0.29) is 0 Å². The highest BCUT2D eigenvalue weighted by Gasteiger charge is 2.12. The number of carboxylic acids is 1. The number of nitrogens with one attached hydrogen (secondary N) is 1. The van der Waals surface area contributed by atoms with Gasteiger partial charge in [-0.15, -0.1) is 0 Å². The van der Waals surface area contributed by atoms with Crippen LogP contribution in [0, 0.1) is 0 Å². The number of quaternary nitrogens is 1. The van der Waals surface area contributed by atoms with Gasteiger partial charge in [0.2, 0.25) is 0 Å². The van der Waals surface area contributed by atoms with Gasteiger partial charge in [-0.05, 0) is 43.0 Å². The molecule has 1 N–H and O–H groups in total. The van der Waals surface area contributed by atoms with Crippen LogP contribution in [0.1, 0.15) is 24.8 Å².